The van der Waals surface area contributed by atoms with Gasteiger partial charge in [0.2, 0.25) is 0 Å². The van der Waals surface area contributed by atoms with Crippen LogP contribution in [0.2, 0.25) is 0 Å². The van der Waals surface area contributed by atoms with E-state index in [1.54, 1.807) is 0 Å². The molecule has 0 aliphatic carbocycles. The lowest BCUT2D eigenvalue weighted by atomic mass is 10.1. The first-order chi connectivity index (χ1) is 4.77. The Morgan fingerprint density at radius 1 is 1.20 bits per heavy atom. The van der Waals surface area contributed by atoms with Gasteiger partial charge in [-0.2, -0.15) is 0 Å². The minimum Gasteiger partial charge on any atom is -0.330 e. The van der Waals surface area contributed by atoms with E-state index in [1.165, 1.54) is 32.1 Å². The molecule has 0 rings (SSSR count). The minimum absolute atomic E-state index is 0.843. The third-order valence-electron chi connectivity index (χ3n) is 1.56. The minimum atomic E-state index is 0.843. The topological polar surface area (TPSA) is 26.0 Å². The van der Waals surface area contributed by atoms with Crippen molar-refractivity contribution in [3.05, 3.63) is 0 Å². The summed E-state index contributed by atoms with van der Waals surface area (Å²) >= 11 is 2.48. The molecule has 2 heteroatoms. The molecule has 62 valence electrons. The van der Waals surface area contributed by atoms with Crippen molar-refractivity contribution in [2.24, 2.45) is 5.73 Å². The second-order valence-corrected chi connectivity index (χ2v) is 4.90. The van der Waals surface area contributed by atoms with Gasteiger partial charge in [0, 0.05) is 3.92 Å². The van der Waals surface area contributed by atoms with Gasteiger partial charge < -0.3 is 5.73 Å². The summed E-state index contributed by atoms with van der Waals surface area (Å²) in [6.45, 7) is 3.13. The lowest BCUT2D eigenvalue weighted by Crippen LogP contribution is -1.98. The molecule has 0 amide bonds. The fourth-order valence-electron chi connectivity index (χ4n) is 0.924. The smallest absolute Gasteiger partial charge is 0.00813 e. The Hall–Kier alpha value is 0.690. The Labute approximate surface area is 77.9 Å². The third-order valence-corrected chi connectivity index (χ3v) is 2.18. The molecule has 2 N–H and O–H groups in total. The van der Waals surface area contributed by atoms with Crippen molar-refractivity contribution < 1.29 is 0 Å². The van der Waals surface area contributed by atoms with Crippen LogP contribution in [-0.4, -0.2) is 10.5 Å². The normalized spacial score (nSPS) is 13.5. The van der Waals surface area contributed by atoms with E-state index >= 15 is 0 Å². The summed E-state index contributed by atoms with van der Waals surface area (Å²) in [4.78, 5) is 0. The molecule has 0 fully saturated rings. The van der Waals surface area contributed by atoms with Crippen LogP contribution >= 0.6 is 22.6 Å². The van der Waals surface area contributed by atoms with E-state index in [9.17, 15) is 0 Å². The molecule has 0 heterocycles. The Bertz CT molecular complexity index is 64.3. The monoisotopic (exact) mass is 255 g/mol. The summed E-state index contributed by atoms with van der Waals surface area (Å²) in [5, 5.41) is 0. The van der Waals surface area contributed by atoms with E-state index in [1.807, 2.05) is 0 Å². The first kappa shape index (κ1) is 10.7. The maximum absolute atomic E-state index is 5.37. The fraction of sp³-hybridized carbons (Fsp3) is 1.00. The number of unbranched alkanes of at least 4 members (excludes halogenated alkanes) is 3. The van der Waals surface area contributed by atoms with Crippen molar-refractivity contribution in [1.29, 1.82) is 0 Å². The first-order valence-electron chi connectivity index (χ1n) is 4.11. The zero-order chi connectivity index (χ0) is 7.82. The predicted octanol–water partition coefficient (Wildman–Crippen LogP) is 2.72. The molecule has 0 saturated heterocycles. The van der Waals surface area contributed by atoms with E-state index in [4.69, 9.17) is 5.73 Å². The van der Waals surface area contributed by atoms with Crippen LogP contribution in [-0.2, 0) is 0 Å². The van der Waals surface area contributed by atoms with E-state index in [-0.39, 0.29) is 0 Å². The average Bonchev–Trinajstić information content (AvgIpc) is 1.87. The van der Waals surface area contributed by atoms with Gasteiger partial charge in [0.05, 0.1) is 0 Å². The van der Waals surface area contributed by atoms with Gasteiger partial charge in [-0.25, -0.2) is 0 Å². The van der Waals surface area contributed by atoms with Crippen LogP contribution < -0.4 is 5.73 Å². The van der Waals surface area contributed by atoms with Crippen LogP contribution in [0.1, 0.15) is 39.0 Å². The highest BCUT2D eigenvalue weighted by Gasteiger charge is 1.94. The van der Waals surface area contributed by atoms with E-state index in [2.05, 4.69) is 29.5 Å². The fourth-order valence-corrected chi connectivity index (χ4v) is 1.36. The standard InChI is InChI=1S/C8H18IN/c1-8(9)6-4-2-3-5-7-10/h8H,2-7,10H2,1H3. The van der Waals surface area contributed by atoms with Gasteiger partial charge in [0.25, 0.3) is 0 Å². The number of hydrogen-bond acceptors (Lipinski definition) is 1. The zero-order valence-electron chi connectivity index (χ0n) is 6.78. The van der Waals surface area contributed by atoms with E-state index < -0.39 is 0 Å². The third kappa shape index (κ3) is 8.69. The van der Waals surface area contributed by atoms with Crippen LogP contribution in [0.25, 0.3) is 0 Å². The van der Waals surface area contributed by atoms with Gasteiger partial charge in [-0.3, -0.25) is 0 Å². The second kappa shape index (κ2) is 7.79. The van der Waals surface area contributed by atoms with Gasteiger partial charge >= 0.3 is 0 Å². The molecule has 0 bridgehead atoms. The molecule has 1 nitrogen and oxygen atoms in total. The van der Waals surface area contributed by atoms with Crippen LogP contribution in [0.4, 0.5) is 0 Å². The predicted molar refractivity (Wildman–Crippen MR) is 55.6 cm³/mol. The van der Waals surface area contributed by atoms with Gasteiger partial charge in [-0.1, -0.05) is 48.8 Å². The molecule has 0 aromatic carbocycles. The van der Waals surface area contributed by atoms with Gasteiger partial charge in [-0.15, -0.1) is 0 Å². The van der Waals surface area contributed by atoms with Crippen molar-refractivity contribution >= 4 is 22.6 Å². The van der Waals surface area contributed by atoms with Crippen molar-refractivity contribution in [2.45, 2.75) is 43.0 Å². The maximum atomic E-state index is 5.37. The number of alkyl halides is 1. The quantitative estimate of drug-likeness (QED) is 0.441. The summed E-state index contributed by atoms with van der Waals surface area (Å²) in [6, 6.07) is 0. The molecule has 0 aromatic rings. The number of nitrogens with two attached hydrogens (primary N) is 1. The van der Waals surface area contributed by atoms with E-state index in [0.717, 1.165) is 10.5 Å². The van der Waals surface area contributed by atoms with Crippen LogP contribution in [0.15, 0.2) is 0 Å². The zero-order valence-corrected chi connectivity index (χ0v) is 8.93. The first-order valence-corrected chi connectivity index (χ1v) is 5.36. The summed E-state index contributed by atoms with van der Waals surface area (Å²) in [5.74, 6) is 0. The lowest BCUT2D eigenvalue weighted by molar-refractivity contribution is 0.622. The summed E-state index contributed by atoms with van der Waals surface area (Å²) in [5.41, 5.74) is 5.37. The molecule has 1 unspecified atom stereocenters. The number of rotatable bonds is 6. The van der Waals surface area contributed by atoms with Crippen molar-refractivity contribution in [3.8, 4) is 0 Å². The van der Waals surface area contributed by atoms with Gasteiger partial charge in [-0.05, 0) is 19.4 Å². The Balaban J connectivity index is 2.77. The van der Waals surface area contributed by atoms with Crippen molar-refractivity contribution in [2.75, 3.05) is 6.54 Å². The Morgan fingerprint density at radius 2 is 1.80 bits per heavy atom. The molecule has 0 aliphatic heterocycles. The van der Waals surface area contributed by atoms with Gasteiger partial charge in [0.1, 0.15) is 0 Å². The lowest BCUT2D eigenvalue weighted by Gasteiger charge is -2.01. The molecular weight excluding hydrogens is 237 g/mol. The highest BCUT2D eigenvalue weighted by Crippen LogP contribution is 2.10. The van der Waals surface area contributed by atoms with Gasteiger partial charge in [0.15, 0.2) is 0 Å². The molecule has 10 heavy (non-hydrogen) atoms. The molecule has 1 atom stereocenters. The Kier molecular flexibility index (Phi) is 8.33. The largest absolute Gasteiger partial charge is 0.330 e. The Morgan fingerprint density at radius 3 is 2.30 bits per heavy atom. The average molecular weight is 255 g/mol. The summed E-state index contributed by atoms with van der Waals surface area (Å²) in [6.07, 6.45) is 6.63. The van der Waals surface area contributed by atoms with E-state index in [0.29, 0.717) is 0 Å². The molecule has 0 aliphatic rings. The highest BCUT2D eigenvalue weighted by atomic mass is 127. The second-order valence-electron chi connectivity index (χ2n) is 2.77. The number of halogens is 1. The molecule has 0 saturated carbocycles. The highest BCUT2D eigenvalue weighted by molar-refractivity contribution is 14.1. The molecule has 0 radical (unpaired) electrons. The molecular formula is C8H18IN. The van der Waals surface area contributed by atoms with Crippen molar-refractivity contribution in [1.82, 2.24) is 0 Å². The van der Waals surface area contributed by atoms with Crippen LogP contribution in [0, 0.1) is 0 Å². The molecule has 0 aromatic heterocycles. The SMILES string of the molecule is CC(I)CCCCCCN. The maximum Gasteiger partial charge on any atom is 0.00813 e. The number of hydrogen-bond donors (Lipinski definition) is 1. The molecule has 0 spiro atoms. The summed E-state index contributed by atoms with van der Waals surface area (Å²) in [7, 11) is 0. The van der Waals surface area contributed by atoms with Crippen molar-refractivity contribution in [3.63, 3.8) is 0 Å². The van der Waals surface area contributed by atoms with Crippen LogP contribution in [0.5, 0.6) is 0 Å². The van der Waals surface area contributed by atoms with Crippen LogP contribution in [0.3, 0.4) is 0 Å². The summed E-state index contributed by atoms with van der Waals surface area (Å²) < 4.78 is 0.843.